The van der Waals surface area contributed by atoms with Gasteiger partial charge in [-0.3, -0.25) is 0 Å². The molecule has 94 valence electrons. The molecule has 1 aliphatic rings. The molecule has 17 heavy (non-hydrogen) atoms. The normalized spacial score (nSPS) is 19.7. The molecule has 2 rings (SSSR count). The number of halogens is 1. The Bertz CT molecular complexity index is 371. The van der Waals surface area contributed by atoms with Crippen molar-refractivity contribution in [3.8, 4) is 0 Å². The molecule has 0 bridgehead atoms. The van der Waals surface area contributed by atoms with Crippen LogP contribution >= 0.6 is 0 Å². The van der Waals surface area contributed by atoms with Gasteiger partial charge in [0.2, 0.25) is 0 Å². The summed E-state index contributed by atoms with van der Waals surface area (Å²) in [5.41, 5.74) is 7.08. The molecule has 0 aliphatic heterocycles. The largest absolute Gasteiger partial charge is 0.378 e. The van der Waals surface area contributed by atoms with Gasteiger partial charge >= 0.3 is 0 Å². The third-order valence-electron chi connectivity index (χ3n) is 3.72. The van der Waals surface area contributed by atoms with Gasteiger partial charge in [-0.15, -0.1) is 0 Å². The van der Waals surface area contributed by atoms with E-state index in [0.29, 0.717) is 6.42 Å². The van der Waals surface area contributed by atoms with Crippen LogP contribution in [-0.4, -0.2) is 18.8 Å². The van der Waals surface area contributed by atoms with Crippen LogP contribution in [0, 0.1) is 5.82 Å². The van der Waals surface area contributed by atoms with Crippen LogP contribution in [0.2, 0.25) is 0 Å². The highest BCUT2D eigenvalue weighted by molar-refractivity contribution is 5.17. The monoisotopic (exact) mass is 237 g/mol. The van der Waals surface area contributed by atoms with Crippen molar-refractivity contribution in [2.75, 3.05) is 7.11 Å². The molecular formula is C14H20FNO. The predicted molar refractivity (Wildman–Crippen MR) is 66.3 cm³/mol. The van der Waals surface area contributed by atoms with Crippen molar-refractivity contribution < 1.29 is 9.13 Å². The summed E-state index contributed by atoms with van der Waals surface area (Å²) in [5, 5.41) is 0. The van der Waals surface area contributed by atoms with Crippen LogP contribution in [0.5, 0.6) is 0 Å². The Hall–Kier alpha value is -0.930. The smallest absolute Gasteiger partial charge is 0.123 e. The van der Waals surface area contributed by atoms with Gasteiger partial charge in [-0.1, -0.05) is 12.1 Å². The summed E-state index contributed by atoms with van der Waals surface area (Å²) < 4.78 is 18.6. The van der Waals surface area contributed by atoms with Crippen LogP contribution < -0.4 is 5.73 Å². The molecule has 1 aliphatic carbocycles. The van der Waals surface area contributed by atoms with Crippen LogP contribution in [0.3, 0.4) is 0 Å². The zero-order valence-corrected chi connectivity index (χ0v) is 10.3. The van der Waals surface area contributed by atoms with E-state index in [4.69, 9.17) is 10.5 Å². The number of ether oxygens (including phenoxy) is 1. The van der Waals surface area contributed by atoms with Crippen molar-refractivity contribution in [1.29, 1.82) is 0 Å². The van der Waals surface area contributed by atoms with Crippen molar-refractivity contribution >= 4 is 0 Å². The first-order chi connectivity index (χ1) is 8.13. The topological polar surface area (TPSA) is 35.2 Å². The molecule has 0 aromatic heterocycles. The lowest BCUT2D eigenvalue weighted by Gasteiger charge is -2.42. The highest BCUT2D eigenvalue weighted by atomic mass is 19.1. The molecule has 1 aromatic carbocycles. The second kappa shape index (κ2) is 5.15. The van der Waals surface area contributed by atoms with E-state index in [2.05, 4.69) is 0 Å². The molecule has 2 N–H and O–H groups in total. The van der Waals surface area contributed by atoms with Gasteiger partial charge in [0.05, 0.1) is 5.60 Å². The van der Waals surface area contributed by atoms with Crippen LogP contribution in [0.1, 0.15) is 31.2 Å². The minimum Gasteiger partial charge on any atom is -0.378 e. The van der Waals surface area contributed by atoms with Gasteiger partial charge in [0, 0.05) is 13.2 Å². The molecule has 0 saturated heterocycles. The summed E-state index contributed by atoms with van der Waals surface area (Å²) in [7, 11) is 1.76. The highest BCUT2D eigenvalue weighted by Crippen LogP contribution is 2.38. The fraction of sp³-hybridized carbons (Fsp3) is 0.571. The van der Waals surface area contributed by atoms with Gasteiger partial charge in [0.15, 0.2) is 0 Å². The van der Waals surface area contributed by atoms with Crippen LogP contribution in [0.25, 0.3) is 0 Å². The molecule has 1 atom stereocenters. The average Bonchev–Trinajstić information content (AvgIpc) is 2.23. The van der Waals surface area contributed by atoms with Crippen molar-refractivity contribution in [2.24, 2.45) is 5.73 Å². The third kappa shape index (κ3) is 3.05. The summed E-state index contributed by atoms with van der Waals surface area (Å²) in [6, 6.07) is 6.70. The first-order valence-corrected chi connectivity index (χ1v) is 6.19. The standard InChI is InChI=1S/C14H20FNO/c1-17-14(6-3-7-14)10-13(16)9-11-4-2-5-12(15)8-11/h2,4-5,8,13H,3,6-7,9-10,16H2,1H3. The van der Waals surface area contributed by atoms with Gasteiger partial charge in [0.25, 0.3) is 0 Å². The first-order valence-electron chi connectivity index (χ1n) is 6.19. The molecule has 0 radical (unpaired) electrons. The molecule has 1 aromatic rings. The zero-order chi connectivity index (χ0) is 12.3. The number of benzene rings is 1. The fourth-order valence-corrected chi connectivity index (χ4v) is 2.58. The maximum absolute atomic E-state index is 13.0. The van der Waals surface area contributed by atoms with Crippen molar-refractivity contribution in [2.45, 2.75) is 43.7 Å². The number of hydrogen-bond donors (Lipinski definition) is 1. The summed E-state index contributed by atoms with van der Waals surface area (Å²) in [4.78, 5) is 0. The molecule has 0 amide bonds. The number of rotatable bonds is 5. The quantitative estimate of drug-likeness (QED) is 0.854. The molecule has 1 unspecified atom stereocenters. The second-order valence-electron chi connectivity index (χ2n) is 5.04. The predicted octanol–water partition coefficient (Wildman–Crippen LogP) is 2.65. The molecule has 1 fully saturated rings. The lowest BCUT2D eigenvalue weighted by Crippen LogP contribution is -2.44. The van der Waals surface area contributed by atoms with E-state index in [1.54, 1.807) is 19.2 Å². The Morgan fingerprint density at radius 3 is 2.76 bits per heavy atom. The molecular weight excluding hydrogens is 217 g/mol. The van der Waals surface area contributed by atoms with Crippen molar-refractivity contribution in [3.63, 3.8) is 0 Å². The molecule has 0 spiro atoms. The first kappa shape index (κ1) is 12.5. The van der Waals surface area contributed by atoms with Crippen LogP contribution in [0.4, 0.5) is 4.39 Å². The van der Waals surface area contributed by atoms with Crippen LogP contribution in [0.15, 0.2) is 24.3 Å². The minimum atomic E-state index is -0.195. The average molecular weight is 237 g/mol. The summed E-state index contributed by atoms with van der Waals surface area (Å²) in [5.74, 6) is -0.195. The SMILES string of the molecule is COC1(CC(N)Cc2cccc(F)c2)CCC1. The van der Waals surface area contributed by atoms with E-state index in [1.807, 2.05) is 6.07 Å². The molecule has 3 heteroatoms. The van der Waals surface area contributed by atoms with Gasteiger partial charge in [-0.25, -0.2) is 4.39 Å². The maximum atomic E-state index is 13.0. The Kier molecular flexibility index (Phi) is 3.79. The third-order valence-corrected chi connectivity index (χ3v) is 3.72. The second-order valence-corrected chi connectivity index (χ2v) is 5.04. The van der Waals surface area contributed by atoms with Crippen LogP contribution in [-0.2, 0) is 11.2 Å². The van der Waals surface area contributed by atoms with Gasteiger partial charge in [-0.05, 0) is 49.8 Å². The summed E-state index contributed by atoms with van der Waals surface area (Å²) in [6.45, 7) is 0. The van der Waals surface area contributed by atoms with Crippen molar-refractivity contribution in [1.82, 2.24) is 0 Å². The Morgan fingerprint density at radius 1 is 1.47 bits per heavy atom. The van der Waals surface area contributed by atoms with E-state index < -0.39 is 0 Å². The highest BCUT2D eigenvalue weighted by Gasteiger charge is 2.38. The number of hydrogen-bond acceptors (Lipinski definition) is 2. The Balaban J connectivity index is 1.90. The molecule has 0 heterocycles. The Labute approximate surface area is 102 Å². The number of methoxy groups -OCH3 is 1. The van der Waals surface area contributed by atoms with Gasteiger partial charge in [0.1, 0.15) is 5.82 Å². The van der Waals surface area contributed by atoms with E-state index in [9.17, 15) is 4.39 Å². The van der Waals surface area contributed by atoms with Gasteiger partial charge in [-0.2, -0.15) is 0 Å². The van der Waals surface area contributed by atoms with Gasteiger partial charge < -0.3 is 10.5 Å². The van der Waals surface area contributed by atoms with E-state index in [0.717, 1.165) is 24.8 Å². The maximum Gasteiger partial charge on any atom is 0.123 e. The summed E-state index contributed by atoms with van der Waals surface area (Å²) >= 11 is 0. The molecule has 1 saturated carbocycles. The van der Waals surface area contributed by atoms with E-state index in [1.165, 1.54) is 12.5 Å². The van der Waals surface area contributed by atoms with Crippen molar-refractivity contribution in [3.05, 3.63) is 35.6 Å². The lowest BCUT2D eigenvalue weighted by molar-refractivity contribution is -0.0813. The fourth-order valence-electron chi connectivity index (χ4n) is 2.58. The van der Waals surface area contributed by atoms with E-state index in [-0.39, 0.29) is 17.5 Å². The Morgan fingerprint density at radius 2 is 2.24 bits per heavy atom. The number of nitrogens with two attached hydrogens (primary N) is 1. The molecule has 2 nitrogen and oxygen atoms in total. The zero-order valence-electron chi connectivity index (χ0n) is 10.3. The minimum absolute atomic E-state index is 0.00720. The lowest BCUT2D eigenvalue weighted by atomic mass is 9.75. The van der Waals surface area contributed by atoms with E-state index >= 15 is 0 Å². The summed E-state index contributed by atoms with van der Waals surface area (Å²) in [6.07, 6.45) is 4.99.